The normalized spacial score (nSPS) is 10.9. The van der Waals surface area contributed by atoms with E-state index in [4.69, 9.17) is 4.74 Å². The maximum atomic E-state index is 14.7. The van der Waals surface area contributed by atoms with Crippen molar-refractivity contribution in [3.8, 4) is 5.88 Å². The lowest BCUT2D eigenvalue weighted by Crippen LogP contribution is -2.17. The number of H-pyrrole nitrogens is 1. The molecule has 31 heavy (non-hydrogen) atoms. The van der Waals surface area contributed by atoms with Crippen LogP contribution >= 0.6 is 0 Å². The summed E-state index contributed by atoms with van der Waals surface area (Å²) in [5.74, 6) is -0.145. The summed E-state index contributed by atoms with van der Waals surface area (Å²) in [4.78, 5) is 27.6. The molecule has 158 valence electrons. The zero-order chi connectivity index (χ0) is 21.8. The van der Waals surface area contributed by atoms with Gasteiger partial charge in [-0.1, -0.05) is 12.1 Å². The number of aromatic amines is 1. The van der Waals surface area contributed by atoms with Gasteiger partial charge in [0.25, 0.3) is 5.91 Å². The Morgan fingerprint density at radius 1 is 1.16 bits per heavy atom. The number of nitrogens with one attached hydrogen (secondary N) is 2. The van der Waals surface area contributed by atoms with E-state index in [9.17, 15) is 9.18 Å². The lowest BCUT2D eigenvalue weighted by atomic mass is 10.0. The van der Waals surface area contributed by atoms with Crippen molar-refractivity contribution in [1.29, 1.82) is 0 Å². The number of pyridine rings is 3. The monoisotopic (exact) mass is 419 g/mol. The van der Waals surface area contributed by atoms with Crippen LogP contribution in [0.3, 0.4) is 0 Å². The van der Waals surface area contributed by atoms with E-state index in [0.29, 0.717) is 47.6 Å². The molecule has 0 saturated carbocycles. The number of fused-ring (bicyclic) bond motifs is 1. The fourth-order valence-corrected chi connectivity index (χ4v) is 3.51. The van der Waals surface area contributed by atoms with Crippen LogP contribution in [0, 0.1) is 5.95 Å². The zero-order valence-corrected chi connectivity index (χ0v) is 17.3. The van der Waals surface area contributed by atoms with Crippen LogP contribution in [0.25, 0.3) is 11.0 Å². The second-order valence-corrected chi connectivity index (χ2v) is 7.11. The van der Waals surface area contributed by atoms with Gasteiger partial charge >= 0.3 is 0 Å². The Labute approximate surface area is 178 Å². The number of amides is 1. The van der Waals surface area contributed by atoms with Crippen molar-refractivity contribution >= 4 is 16.9 Å². The highest BCUT2D eigenvalue weighted by Gasteiger charge is 2.13. The molecule has 0 radical (unpaired) electrons. The first-order valence-electron chi connectivity index (χ1n) is 9.89. The summed E-state index contributed by atoms with van der Waals surface area (Å²) in [5.41, 5.74) is 4.05. The molecular formula is C23H22FN5O2. The molecule has 0 spiro atoms. The standard InChI is InChI=1S/C23H22FN5O2/c1-25-22(30)17-11-19-16(12-27-21(19)28-13-17)10-15-6-8-18(29-20(15)24)7-5-14-4-3-9-26-23(14)31-2/h3-4,6,8-9,11-13H,5,7,10H2,1-2H3,(H,25,30)(H,27,28). The molecule has 0 atom stereocenters. The van der Waals surface area contributed by atoms with Gasteiger partial charge in [-0.2, -0.15) is 4.39 Å². The van der Waals surface area contributed by atoms with E-state index < -0.39 is 5.95 Å². The molecule has 0 aliphatic heterocycles. The SMILES string of the molecule is CNC(=O)c1cnc2[nH]cc(Cc3ccc(CCc4cccnc4OC)nc3F)c2c1. The van der Waals surface area contributed by atoms with Gasteiger partial charge in [-0.3, -0.25) is 4.79 Å². The first kappa shape index (κ1) is 20.5. The van der Waals surface area contributed by atoms with Crippen molar-refractivity contribution in [2.75, 3.05) is 14.2 Å². The molecule has 0 fully saturated rings. The van der Waals surface area contributed by atoms with Crippen LogP contribution in [0.2, 0.25) is 0 Å². The Balaban J connectivity index is 1.52. The minimum atomic E-state index is -0.500. The van der Waals surface area contributed by atoms with Gasteiger partial charge in [0.1, 0.15) is 5.65 Å². The van der Waals surface area contributed by atoms with Gasteiger partial charge in [0.2, 0.25) is 11.8 Å². The Bertz CT molecular complexity index is 1240. The number of methoxy groups -OCH3 is 1. The van der Waals surface area contributed by atoms with E-state index in [1.54, 1.807) is 38.7 Å². The average molecular weight is 419 g/mol. The molecule has 0 aliphatic rings. The number of halogens is 1. The molecule has 4 rings (SSSR count). The molecule has 8 heteroatoms. The number of carbonyl (C=O) groups excluding carboxylic acids is 1. The number of carbonyl (C=O) groups is 1. The summed E-state index contributed by atoms with van der Waals surface area (Å²) in [7, 11) is 3.15. The fraction of sp³-hybridized carbons (Fsp3) is 0.217. The molecular weight excluding hydrogens is 397 g/mol. The number of aromatic nitrogens is 4. The Morgan fingerprint density at radius 2 is 2.03 bits per heavy atom. The maximum Gasteiger partial charge on any atom is 0.252 e. The third-order valence-electron chi connectivity index (χ3n) is 5.16. The predicted octanol–water partition coefficient (Wildman–Crippen LogP) is 3.24. The van der Waals surface area contributed by atoms with Gasteiger partial charge in [0.05, 0.1) is 12.7 Å². The number of aryl methyl sites for hydroxylation is 2. The van der Waals surface area contributed by atoms with Crippen molar-refractivity contribution < 1.29 is 13.9 Å². The fourth-order valence-electron chi connectivity index (χ4n) is 3.51. The Morgan fingerprint density at radius 3 is 2.81 bits per heavy atom. The Hall–Kier alpha value is -3.81. The van der Waals surface area contributed by atoms with Crippen molar-refractivity contribution in [3.63, 3.8) is 0 Å². The molecule has 7 nitrogen and oxygen atoms in total. The molecule has 0 aromatic carbocycles. The van der Waals surface area contributed by atoms with E-state index >= 15 is 0 Å². The van der Waals surface area contributed by atoms with E-state index in [1.165, 1.54) is 6.20 Å². The number of hydrogen-bond acceptors (Lipinski definition) is 5. The van der Waals surface area contributed by atoms with E-state index in [-0.39, 0.29) is 5.91 Å². The summed E-state index contributed by atoms with van der Waals surface area (Å²) < 4.78 is 20.0. The maximum absolute atomic E-state index is 14.7. The van der Waals surface area contributed by atoms with Crippen molar-refractivity contribution in [2.45, 2.75) is 19.3 Å². The molecule has 0 saturated heterocycles. The topological polar surface area (TPSA) is 92.8 Å². The zero-order valence-electron chi connectivity index (χ0n) is 17.3. The van der Waals surface area contributed by atoms with Crippen molar-refractivity contribution in [3.05, 3.63) is 82.8 Å². The predicted molar refractivity (Wildman–Crippen MR) is 115 cm³/mol. The highest BCUT2D eigenvalue weighted by Crippen LogP contribution is 2.22. The molecule has 0 aliphatic carbocycles. The number of ether oxygens (including phenoxy) is 1. The van der Waals surface area contributed by atoms with Crippen LogP contribution in [0.4, 0.5) is 4.39 Å². The van der Waals surface area contributed by atoms with Gasteiger partial charge in [0.15, 0.2) is 0 Å². The van der Waals surface area contributed by atoms with Crippen molar-refractivity contribution in [2.24, 2.45) is 0 Å². The number of nitrogens with zero attached hydrogens (tertiary/aromatic N) is 3. The molecule has 4 heterocycles. The smallest absolute Gasteiger partial charge is 0.252 e. The summed E-state index contributed by atoms with van der Waals surface area (Å²) >= 11 is 0. The second-order valence-electron chi connectivity index (χ2n) is 7.11. The van der Waals surface area contributed by atoms with Gasteiger partial charge < -0.3 is 15.0 Å². The van der Waals surface area contributed by atoms with Crippen LogP contribution in [0.15, 0.2) is 48.9 Å². The highest BCUT2D eigenvalue weighted by molar-refractivity contribution is 5.97. The highest BCUT2D eigenvalue weighted by atomic mass is 19.1. The molecule has 0 unspecified atom stereocenters. The quantitative estimate of drug-likeness (QED) is 0.449. The molecule has 2 N–H and O–H groups in total. The lowest BCUT2D eigenvalue weighted by Gasteiger charge is -2.08. The Kier molecular flexibility index (Phi) is 5.88. The first-order valence-corrected chi connectivity index (χ1v) is 9.89. The molecule has 4 aromatic heterocycles. The van der Waals surface area contributed by atoms with Crippen LogP contribution in [-0.4, -0.2) is 40.0 Å². The number of rotatable bonds is 7. The lowest BCUT2D eigenvalue weighted by molar-refractivity contribution is 0.0963. The summed E-state index contributed by atoms with van der Waals surface area (Å²) in [6.45, 7) is 0. The van der Waals surface area contributed by atoms with Crippen LogP contribution < -0.4 is 10.1 Å². The summed E-state index contributed by atoms with van der Waals surface area (Å²) in [5, 5.41) is 3.37. The van der Waals surface area contributed by atoms with Crippen LogP contribution in [0.5, 0.6) is 5.88 Å². The second kappa shape index (κ2) is 8.91. The van der Waals surface area contributed by atoms with E-state index in [0.717, 1.165) is 16.5 Å². The summed E-state index contributed by atoms with van der Waals surface area (Å²) in [6.07, 6.45) is 6.54. The number of hydrogen-bond donors (Lipinski definition) is 2. The average Bonchev–Trinajstić information content (AvgIpc) is 3.20. The first-order chi connectivity index (χ1) is 15.1. The molecule has 4 aromatic rings. The van der Waals surface area contributed by atoms with Gasteiger partial charge in [-0.25, -0.2) is 15.0 Å². The van der Waals surface area contributed by atoms with Crippen LogP contribution in [0.1, 0.15) is 32.7 Å². The molecule has 0 bridgehead atoms. The van der Waals surface area contributed by atoms with E-state index in [1.807, 2.05) is 18.2 Å². The van der Waals surface area contributed by atoms with Crippen molar-refractivity contribution in [1.82, 2.24) is 25.3 Å². The largest absolute Gasteiger partial charge is 0.481 e. The van der Waals surface area contributed by atoms with E-state index in [2.05, 4.69) is 25.3 Å². The van der Waals surface area contributed by atoms with Gasteiger partial charge in [-0.05, 0) is 36.6 Å². The molecule has 1 amide bonds. The summed E-state index contributed by atoms with van der Waals surface area (Å²) in [6, 6.07) is 9.14. The third-order valence-corrected chi connectivity index (χ3v) is 5.16. The van der Waals surface area contributed by atoms with Crippen LogP contribution in [-0.2, 0) is 19.3 Å². The minimum absolute atomic E-state index is 0.219. The third kappa shape index (κ3) is 4.37. The minimum Gasteiger partial charge on any atom is -0.481 e. The van der Waals surface area contributed by atoms with Gasteiger partial charge in [-0.15, -0.1) is 0 Å². The van der Waals surface area contributed by atoms with Gasteiger partial charge in [0, 0.05) is 54.3 Å².